The Morgan fingerprint density at radius 1 is 1.55 bits per heavy atom. The molecule has 1 aromatic heterocycles. The van der Waals surface area contributed by atoms with Crippen LogP contribution in [0.4, 0.5) is 5.82 Å². The lowest BCUT2D eigenvalue weighted by Gasteiger charge is -2.12. The molecule has 0 aliphatic rings. The van der Waals surface area contributed by atoms with Crippen LogP contribution < -0.4 is 0 Å². The molecule has 0 aliphatic carbocycles. The molecule has 1 heterocycles. The Kier molecular flexibility index (Phi) is 6.66. The molecule has 1 unspecified atom stereocenters. The Hall–Kier alpha value is -1.95. The van der Waals surface area contributed by atoms with Gasteiger partial charge in [-0.1, -0.05) is 45.1 Å². The van der Waals surface area contributed by atoms with Gasteiger partial charge in [0.15, 0.2) is 6.10 Å². The second kappa shape index (κ2) is 8.27. The van der Waals surface area contributed by atoms with Crippen LogP contribution in [0.1, 0.15) is 38.1 Å². The normalized spacial score (nSPS) is 12.1. The van der Waals surface area contributed by atoms with Crippen molar-refractivity contribution in [3.05, 3.63) is 47.4 Å². The molecule has 0 spiro atoms. The van der Waals surface area contributed by atoms with Crippen LogP contribution in [0.15, 0.2) is 31.5 Å². The molecule has 0 saturated carbocycles. The van der Waals surface area contributed by atoms with Gasteiger partial charge in [-0.2, -0.15) is 0 Å². The maximum absolute atomic E-state index is 11.0. The van der Waals surface area contributed by atoms with Gasteiger partial charge in [-0.25, -0.2) is 9.55 Å². The summed E-state index contributed by atoms with van der Waals surface area (Å²) in [4.78, 5) is 14.6. The van der Waals surface area contributed by atoms with Gasteiger partial charge in [-0.15, -0.1) is 0 Å². The number of allylic oxidation sites excluding steroid dienone is 1. The number of unbranched alkanes of at least 4 members (excludes halogenated alkanes) is 2. The standard InChI is InChI=1S/C14H21N3O3/c1-4-7-8-10-20-12(6-3)14-15-11-13(17(18)19)16(14)9-5-2/h5-6,11-12H,2-4,7-10H2,1H3. The molecule has 1 rings (SSSR count). The van der Waals surface area contributed by atoms with Crippen molar-refractivity contribution < 1.29 is 9.66 Å². The molecule has 0 radical (unpaired) electrons. The molecule has 0 saturated heterocycles. The number of aromatic nitrogens is 2. The number of ether oxygens (including phenoxy) is 1. The summed E-state index contributed by atoms with van der Waals surface area (Å²) in [7, 11) is 0. The zero-order valence-corrected chi connectivity index (χ0v) is 11.8. The van der Waals surface area contributed by atoms with Crippen molar-refractivity contribution in [1.82, 2.24) is 9.55 Å². The van der Waals surface area contributed by atoms with Crippen molar-refractivity contribution in [1.29, 1.82) is 0 Å². The summed E-state index contributed by atoms with van der Waals surface area (Å²) in [6.07, 6.45) is 7.15. The zero-order chi connectivity index (χ0) is 15.0. The van der Waals surface area contributed by atoms with Crippen LogP contribution in [-0.2, 0) is 11.3 Å². The summed E-state index contributed by atoms with van der Waals surface area (Å²) in [5.74, 6) is 0.423. The quantitative estimate of drug-likeness (QED) is 0.285. The molecular weight excluding hydrogens is 258 g/mol. The largest absolute Gasteiger partial charge is 0.364 e. The van der Waals surface area contributed by atoms with Gasteiger partial charge in [0.05, 0.1) is 0 Å². The number of hydrogen-bond donors (Lipinski definition) is 0. The first-order valence-corrected chi connectivity index (χ1v) is 6.70. The van der Waals surface area contributed by atoms with E-state index in [2.05, 4.69) is 25.1 Å². The fourth-order valence-electron chi connectivity index (χ4n) is 1.88. The van der Waals surface area contributed by atoms with E-state index >= 15 is 0 Å². The highest BCUT2D eigenvalue weighted by molar-refractivity contribution is 5.22. The van der Waals surface area contributed by atoms with E-state index in [1.807, 2.05) is 0 Å². The Morgan fingerprint density at radius 2 is 2.30 bits per heavy atom. The maximum Gasteiger partial charge on any atom is 0.343 e. The predicted molar refractivity (Wildman–Crippen MR) is 77.5 cm³/mol. The van der Waals surface area contributed by atoms with Crippen molar-refractivity contribution in [3.8, 4) is 0 Å². The van der Waals surface area contributed by atoms with E-state index in [1.54, 1.807) is 12.2 Å². The molecule has 0 bridgehead atoms. The number of nitro groups is 1. The van der Waals surface area contributed by atoms with Gasteiger partial charge in [0.2, 0.25) is 5.82 Å². The maximum atomic E-state index is 11.0. The summed E-state index contributed by atoms with van der Waals surface area (Å²) in [5.41, 5.74) is 0. The Morgan fingerprint density at radius 3 is 2.85 bits per heavy atom. The number of hydrogen-bond acceptors (Lipinski definition) is 4. The zero-order valence-electron chi connectivity index (χ0n) is 11.8. The molecule has 0 N–H and O–H groups in total. The van der Waals surface area contributed by atoms with Gasteiger partial charge in [-0.05, 0) is 11.3 Å². The van der Waals surface area contributed by atoms with Crippen molar-refractivity contribution in [2.24, 2.45) is 0 Å². The van der Waals surface area contributed by atoms with Crippen molar-refractivity contribution in [3.63, 3.8) is 0 Å². The Balaban J connectivity index is 2.88. The molecule has 0 aliphatic heterocycles. The van der Waals surface area contributed by atoms with Crippen molar-refractivity contribution >= 4 is 5.82 Å². The summed E-state index contributed by atoms with van der Waals surface area (Å²) >= 11 is 0. The lowest BCUT2D eigenvalue weighted by Crippen LogP contribution is -2.12. The summed E-state index contributed by atoms with van der Waals surface area (Å²) in [6, 6.07) is 0. The SMILES string of the molecule is C=CCn1c([N+](=O)[O-])cnc1C(C=C)OCCCCC. The fraction of sp³-hybridized carbons (Fsp3) is 0.500. The number of rotatable bonds is 10. The van der Waals surface area contributed by atoms with Crippen molar-refractivity contribution in [2.45, 2.75) is 38.8 Å². The van der Waals surface area contributed by atoms with Gasteiger partial charge < -0.3 is 14.9 Å². The molecule has 1 aromatic rings. The van der Waals surface area contributed by atoms with E-state index in [0.29, 0.717) is 19.0 Å². The lowest BCUT2D eigenvalue weighted by atomic mass is 10.2. The first-order chi connectivity index (χ1) is 9.65. The third kappa shape index (κ3) is 4.03. The fourth-order valence-corrected chi connectivity index (χ4v) is 1.88. The molecule has 6 heteroatoms. The van der Waals surface area contributed by atoms with Gasteiger partial charge in [0, 0.05) is 6.61 Å². The number of imidazole rings is 1. The molecule has 1 atom stereocenters. The highest BCUT2D eigenvalue weighted by atomic mass is 16.6. The predicted octanol–water partition coefficient (Wildman–Crippen LogP) is 3.41. The number of nitrogens with zero attached hydrogens (tertiary/aromatic N) is 3. The second-order valence-electron chi connectivity index (χ2n) is 4.37. The minimum absolute atomic E-state index is 0.0658. The molecule has 0 amide bonds. The highest BCUT2D eigenvalue weighted by Gasteiger charge is 2.24. The van der Waals surface area contributed by atoms with Crippen LogP contribution >= 0.6 is 0 Å². The summed E-state index contributed by atoms with van der Waals surface area (Å²) < 4.78 is 7.19. The first kappa shape index (κ1) is 16.1. The smallest absolute Gasteiger partial charge is 0.343 e. The van der Waals surface area contributed by atoms with Crippen LogP contribution in [-0.4, -0.2) is 21.1 Å². The van der Waals surface area contributed by atoms with Crippen LogP contribution in [0, 0.1) is 10.1 Å². The average Bonchev–Trinajstić information content (AvgIpc) is 2.83. The Bertz CT molecular complexity index is 468. The Labute approximate surface area is 118 Å². The van der Waals surface area contributed by atoms with E-state index < -0.39 is 11.0 Å². The molecule has 0 aromatic carbocycles. The molecular formula is C14H21N3O3. The summed E-state index contributed by atoms with van der Waals surface area (Å²) in [6.45, 7) is 10.3. The summed E-state index contributed by atoms with van der Waals surface area (Å²) in [5, 5.41) is 11.0. The van der Waals surface area contributed by atoms with Gasteiger partial charge in [0.25, 0.3) is 0 Å². The minimum atomic E-state index is -0.461. The van der Waals surface area contributed by atoms with Crippen LogP contribution in [0.2, 0.25) is 0 Å². The van der Waals surface area contributed by atoms with Crippen LogP contribution in [0.25, 0.3) is 0 Å². The topological polar surface area (TPSA) is 70.2 Å². The second-order valence-corrected chi connectivity index (χ2v) is 4.37. The average molecular weight is 279 g/mol. The van der Waals surface area contributed by atoms with E-state index in [0.717, 1.165) is 19.3 Å². The lowest BCUT2D eigenvalue weighted by molar-refractivity contribution is -0.392. The van der Waals surface area contributed by atoms with E-state index in [-0.39, 0.29) is 5.82 Å². The van der Waals surface area contributed by atoms with Crippen LogP contribution in [0.3, 0.4) is 0 Å². The van der Waals surface area contributed by atoms with Crippen LogP contribution in [0.5, 0.6) is 0 Å². The molecule has 110 valence electrons. The molecule has 6 nitrogen and oxygen atoms in total. The highest BCUT2D eigenvalue weighted by Crippen LogP contribution is 2.23. The van der Waals surface area contributed by atoms with E-state index in [9.17, 15) is 10.1 Å². The minimum Gasteiger partial charge on any atom is -0.364 e. The molecule has 20 heavy (non-hydrogen) atoms. The van der Waals surface area contributed by atoms with Gasteiger partial charge in [0.1, 0.15) is 12.7 Å². The first-order valence-electron chi connectivity index (χ1n) is 6.70. The van der Waals surface area contributed by atoms with Crippen molar-refractivity contribution in [2.75, 3.05) is 6.61 Å². The van der Waals surface area contributed by atoms with E-state index in [4.69, 9.17) is 4.74 Å². The monoisotopic (exact) mass is 279 g/mol. The molecule has 0 fully saturated rings. The van der Waals surface area contributed by atoms with E-state index in [1.165, 1.54) is 10.8 Å². The van der Waals surface area contributed by atoms with Gasteiger partial charge in [-0.3, -0.25) is 0 Å². The third-order valence-electron chi connectivity index (χ3n) is 2.88. The van der Waals surface area contributed by atoms with Gasteiger partial charge >= 0.3 is 5.82 Å². The third-order valence-corrected chi connectivity index (χ3v) is 2.88.